The van der Waals surface area contributed by atoms with Crippen LogP contribution in [0, 0.1) is 0 Å². The van der Waals surface area contributed by atoms with Crippen molar-refractivity contribution in [1.82, 2.24) is 0 Å². The van der Waals surface area contributed by atoms with Crippen molar-refractivity contribution in [2.45, 2.75) is 133 Å². The average Bonchev–Trinajstić information content (AvgIpc) is 3.03. The van der Waals surface area contributed by atoms with Crippen molar-refractivity contribution in [3.8, 4) is 0 Å². The Hall–Kier alpha value is 1.59. The summed E-state index contributed by atoms with van der Waals surface area (Å²) in [5.41, 5.74) is -1.60. The quantitative estimate of drug-likeness (QED) is 0.0483. The molecule has 0 aromatic rings. The lowest BCUT2D eigenvalue weighted by Crippen LogP contribution is -2.42. The van der Waals surface area contributed by atoms with Crippen molar-refractivity contribution < 1.29 is 27.9 Å². The lowest BCUT2D eigenvalue weighted by Gasteiger charge is -2.38. The van der Waals surface area contributed by atoms with Crippen LogP contribution in [0.3, 0.4) is 0 Å². The highest BCUT2D eigenvalue weighted by Crippen LogP contribution is 2.36. The largest absolute Gasteiger partial charge is 0.500 e. The fourth-order valence-electron chi connectivity index (χ4n) is 5.53. The molecule has 45 heavy (non-hydrogen) atoms. The maximum atomic E-state index is 12.1. The predicted molar refractivity (Wildman–Crippen MR) is 212 cm³/mol. The van der Waals surface area contributed by atoms with Gasteiger partial charge in [0.05, 0.1) is 11.2 Å². The summed E-state index contributed by atoms with van der Waals surface area (Å²) >= 11 is 7.99. The summed E-state index contributed by atoms with van der Waals surface area (Å²) in [4.78, 5) is 0. The molecule has 0 saturated carbocycles. The van der Waals surface area contributed by atoms with Gasteiger partial charge in [-0.2, -0.15) is 47.0 Å². The molecule has 0 aliphatic heterocycles. The van der Waals surface area contributed by atoms with E-state index in [9.17, 15) is 10.2 Å². The van der Waals surface area contributed by atoms with Crippen LogP contribution in [-0.4, -0.2) is 114 Å². The SMILES string of the molecule is CCCCSCCCC(O)(CCCSCCCC)CC(O)(CCCSCCC[SiH2]OC)CCCSCCC[Si](OC)(OC)OC. The Kier molecular flexibility index (Phi) is 32.7. The minimum atomic E-state index is -2.51. The van der Waals surface area contributed by atoms with Gasteiger partial charge in [0.2, 0.25) is 0 Å². The van der Waals surface area contributed by atoms with Gasteiger partial charge < -0.3 is 27.9 Å². The topological polar surface area (TPSA) is 77.4 Å². The molecule has 0 fully saturated rings. The lowest BCUT2D eigenvalue weighted by atomic mass is 9.77. The van der Waals surface area contributed by atoms with Gasteiger partial charge in [0.1, 0.15) is 0 Å². The molecule has 12 heteroatoms. The zero-order chi connectivity index (χ0) is 33.5. The molecular formula is C33H72O6S4Si2. The van der Waals surface area contributed by atoms with E-state index in [2.05, 4.69) is 13.8 Å². The molecule has 0 aliphatic carbocycles. The fraction of sp³-hybridized carbons (Fsp3) is 1.00. The van der Waals surface area contributed by atoms with E-state index in [4.69, 9.17) is 17.7 Å². The van der Waals surface area contributed by atoms with Gasteiger partial charge in [-0.25, -0.2) is 0 Å². The van der Waals surface area contributed by atoms with Crippen LogP contribution in [0.1, 0.15) is 110 Å². The molecule has 1 unspecified atom stereocenters. The first-order valence-corrected chi connectivity index (χ1v) is 25.8. The smallest absolute Gasteiger partial charge is 0.427 e. The van der Waals surface area contributed by atoms with Crippen LogP contribution >= 0.6 is 47.0 Å². The molecule has 0 bridgehead atoms. The first-order chi connectivity index (χ1) is 21.8. The molecule has 1 atom stereocenters. The van der Waals surface area contributed by atoms with Crippen LogP contribution in [0.5, 0.6) is 0 Å². The summed E-state index contributed by atoms with van der Waals surface area (Å²) in [6, 6.07) is 2.07. The average molecular weight is 749 g/mol. The molecule has 0 heterocycles. The van der Waals surface area contributed by atoms with Gasteiger partial charge in [0.15, 0.2) is 9.76 Å². The third-order valence-electron chi connectivity index (χ3n) is 8.26. The number of hydrogen-bond acceptors (Lipinski definition) is 10. The molecular weight excluding hydrogens is 677 g/mol. The van der Waals surface area contributed by atoms with Crippen molar-refractivity contribution in [2.75, 3.05) is 74.5 Å². The minimum absolute atomic E-state index is 0.319. The van der Waals surface area contributed by atoms with Gasteiger partial charge >= 0.3 is 8.80 Å². The van der Waals surface area contributed by atoms with Crippen molar-refractivity contribution in [3.63, 3.8) is 0 Å². The van der Waals surface area contributed by atoms with Crippen molar-refractivity contribution in [3.05, 3.63) is 0 Å². The van der Waals surface area contributed by atoms with Gasteiger partial charge in [-0.3, -0.25) is 0 Å². The Morgan fingerprint density at radius 3 is 1.24 bits per heavy atom. The number of thioether (sulfide) groups is 4. The second-order valence-corrected chi connectivity index (χ2v) is 22.0. The zero-order valence-electron chi connectivity index (χ0n) is 30.0. The highest BCUT2D eigenvalue weighted by Gasteiger charge is 2.38. The van der Waals surface area contributed by atoms with Crippen LogP contribution in [0.25, 0.3) is 0 Å². The first-order valence-electron chi connectivity index (χ1n) is 17.7. The van der Waals surface area contributed by atoms with Gasteiger partial charge in [-0.15, -0.1) is 0 Å². The van der Waals surface area contributed by atoms with Gasteiger partial charge in [-0.05, 0) is 129 Å². The van der Waals surface area contributed by atoms with Crippen LogP contribution in [-0.2, 0) is 17.7 Å². The van der Waals surface area contributed by atoms with Gasteiger partial charge in [-0.1, -0.05) is 26.7 Å². The van der Waals surface area contributed by atoms with E-state index < -0.39 is 20.0 Å². The molecule has 0 radical (unpaired) electrons. The molecule has 0 amide bonds. The highest BCUT2D eigenvalue weighted by molar-refractivity contribution is 7.99. The number of hydrogen-bond donors (Lipinski definition) is 2. The van der Waals surface area contributed by atoms with E-state index in [1.807, 2.05) is 54.2 Å². The van der Waals surface area contributed by atoms with Crippen molar-refractivity contribution in [2.24, 2.45) is 0 Å². The first kappa shape index (κ1) is 46.6. The zero-order valence-corrected chi connectivity index (χ0v) is 35.7. The van der Waals surface area contributed by atoms with E-state index >= 15 is 0 Å². The molecule has 0 saturated heterocycles. The maximum absolute atomic E-state index is 12.1. The van der Waals surface area contributed by atoms with Gasteiger partial charge in [0.25, 0.3) is 0 Å². The normalized spacial score (nSPS) is 14.1. The summed E-state index contributed by atoms with van der Waals surface area (Å²) in [6.07, 6.45) is 14.9. The third kappa shape index (κ3) is 26.1. The van der Waals surface area contributed by atoms with Gasteiger partial charge in [0, 0.05) is 40.9 Å². The molecule has 6 nitrogen and oxygen atoms in total. The molecule has 0 aromatic carbocycles. The van der Waals surface area contributed by atoms with Crippen LogP contribution in [0.2, 0.25) is 12.1 Å². The summed E-state index contributed by atoms with van der Waals surface area (Å²) < 4.78 is 22.0. The van der Waals surface area contributed by atoms with Crippen LogP contribution < -0.4 is 0 Å². The van der Waals surface area contributed by atoms with Crippen LogP contribution in [0.15, 0.2) is 0 Å². The Balaban J connectivity index is 5.15. The Bertz CT molecular complexity index is 616. The Morgan fingerprint density at radius 1 is 0.533 bits per heavy atom. The molecule has 0 aromatic heterocycles. The van der Waals surface area contributed by atoms with E-state index in [0.29, 0.717) is 6.42 Å². The summed E-state index contributed by atoms with van der Waals surface area (Å²) in [7, 11) is 4.02. The molecule has 0 spiro atoms. The van der Waals surface area contributed by atoms with E-state index in [-0.39, 0.29) is 9.76 Å². The Morgan fingerprint density at radius 2 is 0.889 bits per heavy atom. The maximum Gasteiger partial charge on any atom is 0.500 e. The number of rotatable bonds is 36. The van der Waals surface area contributed by atoms with Crippen molar-refractivity contribution >= 4 is 65.6 Å². The molecule has 2 N–H and O–H groups in total. The standard InChI is InChI=1S/C33H72O6S4Si2/c1-7-9-21-40-23-11-17-32(34,18-12-24-41-22-10-8-2)31-33(35,19-13-25-42-27-15-29-44-36-3)20-14-26-43-28-16-30-45(37-4,38-5)39-6/h34-35H,7-31,44H2,1-6H3. The molecule has 272 valence electrons. The second kappa shape index (κ2) is 31.6. The molecule has 0 aliphatic rings. The molecule has 0 rings (SSSR count). The monoisotopic (exact) mass is 748 g/mol. The summed E-state index contributed by atoms with van der Waals surface area (Å²) in [5, 5.41) is 24.2. The lowest BCUT2D eigenvalue weighted by molar-refractivity contribution is -0.0809. The number of unbranched alkanes of at least 4 members (excludes halogenated alkanes) is 2. The minimum Gasteiger partial charge on any atom is -0.427 e. The fourth-order valence-corrected chi connectivity index (χ4v) is 12.6. The summed E-state index contributed by atoms with van der Waals surface area (Å²) in [5.74, 6) is 8.93. The third-order valence-corrected chi connectivity index (χ3v) is 16.9. The van der Waals surface area contributed by atoms with Crippen LogP contribution in [0.4, 0.5) is 0 Å². The predicted octanol–water partition coefficient (Wildman–Crippen LogP) is 8.30. The highest BCUT2D eigenvalue weighted by atomic mass is 32.2. The van der Waals surface area contributed by atoms with Crippen molar-refractivity contribution in [1.29, 1.82) is 0 Å². The second-order valence-electron chi connectivity index (χ2n) is 12.3. The Labute approximate surface area is 299 Å². The number of aliphatic hydroxyl groups is 2. The van der Waals surface area contributed by atoms with E-state index in [0.717, 1.165) is 92.6 Å². The summed E-state index contributed by atoms with van der Waals surface area (Å²) in [6.45, 7) is 4.49. The van der Waals surface area contributed by atoms with E-state index in [1.165, 1.54) is 55.4 Å². The van der Waals surface area contributed by atoms with E-state index in [1.54, 1.807) is 21.3 Å².